The summed E-state index contributed by atoms with van der Waals surface area (Å²) in [5, 5.41) is 14.5. The van der Waals surface area contributed by atoms with E-state index in [1.165, 1.54) is 41.5 Å². The Hall–Kier alpha value is -1.25. The number of fused-ring (bicyclic) bond motifs is 3. The van der Waals surface area contributed by atoms with Gasteiger partial charge in [0, 0.05) is 17.3 Å². The average molecular weight is 364 g/mol. The van der Waals surface area contributed by atoms with E-state index in [1.807, 2.05) is 25.3 Å². The van der Waals surface area contributed by atoms with E-state index in [1.54, 1.807) is 23.1 Å². The molecule has 1 aliphatic carbocycles. The van der Waals surface area contributed by atoms with Crippen molar-refractivity contribution in [3.8, 4) is 0 Å². The topological polar surface area (TPSA) is 63.6 Å². The van der Waals surface area contributed by atoms with Crippen LogP contribution >= 0.6 is 34.4 Å². The Morgan fingerprint density at radius 1 is 1.04 bits per heavy atom. The largest absolute Gasteiger partial charge is 0.363 e. The third kappa shape index (κ3) is 2.95. The smallest absolute Gasteiger partial charge is 0.206 e. The maximum Gasteiger partial charge on any atom is 0.206 e. The fraction of sp³-hybridized carbons (Fsp3) is 0.467. The number of rotatable bonds is 3. The summed E-state index contributed by atoms with van der Waals surface area (Å²) in [4.78, 5) is 12.0. The number of aryl methyl sites for hydroxylation is 3. The van der Waals surface area contributed by atoms with Gasteiger partial charge in [0.15, 0.2) is 4.34 Å². The molecule has 3 aromatic heterocycles. The van der Waals surface area contributed by atoms with Gasteiger partial charge >= 0.3 is 0 Å². The van der Waals surface area contributed by atoms with Gasteiger partial charge in [-0.1, -0.05) is 17.8 Å². The number of aromatic nitrogens is 4. The van der Waals surface area contributed by atoms with Crippen molar-refractivity contribution in [2.75, 3.05) is 12.4 Å². The molecule has 3 aromatic rings. The molecule has 8 heteroatoms. The second-order valence-electron chi connectivity index (χ2n) is 5.55. The molecule has 0 aliphatic heterocycles. The van der Waals surface area contributed by atoms with Crippen molar-refractivity contribution in [1.82, 2.24) is 20.2 Å². The number of nitrogens with one attached hydrogen (secondary N) is 1. The van der Waals surface area contributed by atoms with Crippen molar-refractivity contribution in [2.45, 2.75) is 48.4 Å². The Morgan fingerprint density at radius 2 is 1.91 bits per heavy atom. The SMILES string of the molecule is CNc1nnc(Sc2nc(C)nc3sc4c(c23)CCCCC4)s1. The summed E-state index contributed by atoms with van der Waals surface area (Å²) in [6.07, 6.45) is 6.20. The van der Waals surface area contributed by atoms with Crippen LogP contribution in [-0.4, -0.2) is 27.2 Å². The van der Waals surface area contributed by atoms with Crippen LogP contribution in [-0.2, 0) is 12.8 Å². The van der Waals surface area contributed by atoms with E-state index >= 15 is 0 Å². The maximum atomic E-state index is 4.72. The van der Waals surface area contributed by atoms with Crippen LogP contribution in [0.3, 0.4) is 0 Å². The second-order valence-corrected chi connectivity index (χ2v) is 8.84. The Bertz CT molecular complexity index is 854. The Kier molecular flexibility index (Phi) is 4.21. The summed E-state index contributed by atoms with van der Waals surface area (Å²) in [7, 11) is 1.86. The highest BCUT2D eigenvalue weighted by molar-refractivity contribution is 8.01. The van der Waals surface area contributed by atoms with Crippen molar-refractivity contribution in [3.63, 3.8) is 0 Å². The third-order valence-corrected chi connectivity index (χ3v) is 7.11. The number of anilines is 1. The van der Waals surface area contributed by atoms with Crippen LogP contribution in [0.1, 0.15) is 35.5 Å². The normalized spacial score (nSPS) is 14.7. The summed E-state index contributed by atoms with van der Waals surface area (Å²) in [6, 6.07) is 0. The van der Waals surface area contributed by atoms with Crippen molar-refractivity contribution in [2.24, 2.45) is 0 Å². The molecule has 0 amide bonds. The molecule has 4 rings (SSSR count). The van der Waals surface area contributed by atoms with Crippen molar-refractivity contribution >= 4 is 49.8 Å². The Labute approximate surface area is 147 Å². The minimum Gasteiger partial charge on any atom is -0.363 e. The van der Waals surface area contributed by atoms with Gasteiger partial charge in [0.25, 0.3) is 0 Å². The van der Waals surface area contributed by atoms with Crippen molar-refractivity contribution in [1.29, 1.82) is 0 Å². The van der Waals surface area contributed by atoms with Gasteiger partial charge in [0.2, 0.25) is 5.13 Å². The molecule has 3 heterocycles. The van der Waals surface area contributed by atoms with Gasteiger partial charge in [0.1, 0.15) is 15.7 Å². The molecule has 0 saturated heterocycles. The fourth-order valence-corrected chi connectivity index (χ4v) is 6.10. The fourth-order valence-electron chi connectivity index (χ4n) is 2.91. The molecule has 1 aliphatic rings. The summed E-state index contributed by atoms with van der Waals surface area (Å²) in [5.41, 5.74) is 1.48. The lowest BCUT2D eigenvalue weighted by Crippen LogP contribution is -1.93. The van der Waals surface area contributed by atoms with Crippen LogP contribution in [0, 0.1) is 6.92 Å². The van der Waals surface area contributed by atoms with Gasteiger partial charge in [-0.3, -0.25) is 0 Å². The highest BCUT2D eigenvalue weighted by Gasteiger charge is 2.21. The molecule has 0 spiro atoms. The van der Waals surface area contributed by atoms with Crippen LogP contribution in [0.4, 0.5) is 5.13 Å². The number of hydrogen-bond donors (Lipinski definition) is 1. The zero-order valence-corrected chi connectivity index (χ0v) is 15.5. The van der Waals surface area contributed by atoms with Gasteiger partial charge in [-0.25, -0.2) is 9.97 Å². The lowest BCUT2D eigenvalue weighted by molar-refractivity contribution is 0.713. The van der Waals surface area contributed by atoms with E-state index in [0.29, 0.717) is 0 Å². The molecule has 23 heavy (non-hydrogen) atoms. The first-order valence-corrected chi connectivity index (χ1v) is 10.2. The molecular weight excluding hydrogens is 346 g/mol. The van der Waals surface area contributed by atoms with Gasteiger partial charge in [-0.2, -0.15) is 0 Å². The molecule has 0 atom stereocenters. The zero-order chi connectivity index (χ0) is 15.8. The minimum atomic E-state index is 0.828. The van der Waals surface area contributed by atoms with Crippen molar-refractivity contribution < 1.29 is 0 Å². The molecule has 5 nitrogen and oxygen atoms in total. The van der Waals surface area contributed by atoms with E-state index in [2.05, 4.69) is 20.5 Å². The van der Waals surface area contributed by atoms with Gasteiger partial charge in [-0.05, 0) is 49.9 Å². The minimum absolute atomic E-state index is 0.828. The van der Waals surface area contributed by atoms with E-state index in [-0.39, 0.29) is 0 Å². The quantitative estimate of drug-likeness (QED) is 0.552. The molecule has 0 radical (unpaired) electrons. The van der Waals surface area contributed by atoms with Crippen LogP contribution in [0.15, 0.2) is 9.37 Å². The number of thiophene rings is 1. The monoisotopic (exact) mass is 363 g/mol. The van der Waals surface area contributed by atoms with E-state index in [4.69, 9.17) is 4.98 Å². The van der Waals surface area contributed by atoms with E-state index < -0.39 is 0 Å². The van der Waals surface area contributed by atoms with Gasteiger partial charge in [-0.15, -0.1) is 21.5 Å². The summed E-state index contributed by atoms with van der Waals surface area (Å²) >= 11 is 5.02. The predicted octanol–water partition coefficient (Wildman–Crippen LogP) is 4.31. The van der Waals surface area contributed by atoms with E-state index in [9.17, 15) is 0 Å². The van der Waals surface area contributed by atoms with Crippen LogP contribution in [0.2, 0.25) is 0 Å². The molecule has 0 saturated carbocycles. The molecule has 0 bridgehead atoms. The first-order valence-electron chi connectivity index (χ1n) is 7.72. The first-order chi connectivity index (χ1) is 11.2. The maximum absolute atomic E-state index is 4.72. The number of hydrogen-bond acceptors (Lipinski definition) is 8. The molecular formula is C15H17N5S3. The molecule has 0 unspecified atom stereocenters. The lowest BCUT2D eigenvalue weighted by atomic mass is 10.1. The standard InChI is InChI=1S/C15H17N5S3/c1-8-17-12-11(9-6-4-3-5-7-10(9)21-12)13(18-8)22-15-20-19-14(16-2)23-15/h3-7H2,1-2H3,(H,16,19). The number of nitrogens with zero attached hydrogens (tertiary/aromatic N) is 4. The molecule has 120 valence electrons. The summed E-state index contributed by atoms with van der Waals surface area (Å²) in [5.74, 6) is 0.828. The van der Waals surface area contributed by atoms with Crippen molar-refractivity contribution in [3.05, 3.63) is 16.3 Å². The van der Waals surface area contributed by atoms with Crippen LogP contribution < -0.4 is 5.32 Å². The zero-order valence-electron chi connectivity index (χ0n) is 13.0. The molecule has 0 aromatic carbocycles. The predicted molar refractivity (Wildman–Crippen MR) is 97.0 cm³/mol. The first kappa shape index (κ1) is 15.3. The summed E-state index contributed by atoms with van der Waals surface area (Å²) in [6.45, 7) is 1.97. The van der Waals surface area contributed by atoms with Gasteiger partial charge in [0.05, 0.1) is 0 Å². The molecule has 1 N–H and O–H groups in total. The highest BCUT2D eigenvalue weighted by Crippen LogP contribution is 2.41. The van der Waals surface area contributed by atoms with Crippen LogP contribution in [0.25, 0.3) is 10.2 Å². The molecule has 0 fully saturated rings. The van der Waals surface area contributed by atoms with E-state index in [0.717, 1.165) is 31.6 Å². The van der Waals surface area contributed by atoms with Gasteiger partial charge < -0.3 is 5.32 Å². The Balaban J connectivity index is 1.82. The average Bonchev–Trinajstić information content (AvgIpc) is 3.05. The highest BCUT2D eigenvalue weighted by atomic mass is 32.2. The van der Waals surface area contributed by atoms with Crippen LogP contribution in [0.5, 0.6) is 0 Å². The third-order valence-electron chi connectivity index (χ3n) is 3.95. The Morgan fingerprint density at radius 3 is 2.74 bits per heavy atom. The lowest BCUT2D eigenvalue weighted by Gasteiger charge is -2.04. The second kappa shape index (κ2) is 6.33. The summed E-state index contributed by atoms with van der Waals surface area (Å²) < 4.78 is 0.919.